The molecule has 132 valence electrons. The Balaban J connectivity index is 2.14. The van der Waals surface area contributed by atoms with Crippen molar-refractivity contribution in [3.63, 3.8) is 0 Å². The minimum atomic E-state index is -0.803. The fourth-order valence-corrected chi connectivity index (χ4v) is 2.51. The second kappa shape index (κ2) is 8.12. The van der Waals surface area contributed by atoms with Gasteiger partial charge in [-0.2, -0.15) is 0 Å². The van der Waals surface area contributed by atoms with Gasteiger partial charge in [-0.05, 0) is 43.2 Å². The van der Waals surface area contributed by atoms with Crippen LogP contribution in [0.3, 0.4) is 0 Å². The summed E-state index contributed by atoms with van der Waals surface area (Å²) >= 11 is 5.71. The first-order chi connectivity index (χ1) is 11.8. The van der Waals surface area contributed by atoms with Crippen LogP contribution in [0, 0.1) is 18.7 Å². The van der Waals surface area contributed by atoms with Gasteiger partial charge >= 0.3 is 0 Å². The predicted molar refractivity (Wildman–Crippen MR) is 97.3 cm³/mol. The summed E-state index contributed by atoms with van der Waals surface area (Å²) in [7, 11) is 0. The van der Waals surface area contributed by atoms with E-state index in [1.165, 1.54) is 12.1 Å². The van der Waals surface area contributed by atoms with Crippen LogP contribution < -0.4 is 10.6 Å². The van der Waals surface area contributed by atoms with E-state index < -0.39 is 17.8 Å². The molecule has 1 atom stereocenters. The highest BCUT2D eigenvalue weighted by atomic mass is 35.5. The average molecular weight is 363 g/mol. The Morgan fingerprint density at radius 1 is 1.12 bits per heavy atom. The van der Waals surface area contributed by atoms with Gasteiger partial charge in [0.15, 0.2) is 0 Å². The zero-order valence-corrected chi connectivity index (χ0v) is 15.0. The molecule has 2 aromatic rings. The summed E-state index contributed by atoms with van der Waals surface area (Å²) in [5.74, 6) is -1.65. The molecule has 0 fully saturated rings. The van der Waals surface area contributed by atoms with Gasteiger partial charge in [-0.3, -0.25) is 9.59 Å². The lowest BCUT2D eigenvalue weighted by Crippen LogP contribution is -2.47. The third-order valence-corrected chi connectivity index (χ3v) is 3.94. The molecule has 2 aromatic carbocycles. The molecule has 2 N–H and O–H groups in total. The van der Waals surface area contributed by atoms with Crippen LogP contribution in [0.15, 0.2) is 42.5 Å². The number of amides is 2. The summed E-state index contributed by atoms with van der Waals surface area (Å²) < 4.78 is 13.9. The first-order valence-electron chi connectivity index (χ1n) is 7.91. The van der Waals surface area contributed by atoms with Gasteiger partial charge in [0.1, 0.15) is 11.9 Å². The van der Waals surface area contributed by atoms with Crippen molar-refractivity contribution in [2.75, 3.05) is 5.32 Å². The molecule has 0 aromatic heterocycles. The molecule has 6 heteroatoms. The molecule has 25 heavy (non-hydrogen) atoms. The van der Waals surface area contributed by atoms with Crippen molar-refractivity contribution in [2.24, 2.45) is 5.92 Å². The fourth-order valence-electron chi connectivity index (χ4n) is 2.35. The van der Waals surface area contributed by atoms with Crippen LogP contribution in [0.25, 0.3) is 0 Å². The molecule has 0 saturated carbocycles. The summed E-state index contributed by atoms with van der Waals surface area (Å²) in [5, 5.41) is 5.45. The second-order valence-corrected chi connectivity index (χ2v) is 6.61. The lowest BCUT2D eigenvalue weighted by molar-refractivity contribution is -0.118. The molecule has 0 bridgehead atoms. The lowest BCUT2D eigenvalue weighted by atomic mass is 10.0. The number of nitrogens with one attached hydrogen (secondary N) is 2. The Morgan fingerprint density at radius 2 is 1.84 bits per heavy atom. The Labute approximate surface area is 151 Å². The molecular weight excluding hydrogens is 343 g/mol. The number of halogens is 2. The van der Waals surface area contributed by atoms with Crippen LogP contribution in [0.4, 0.5) is 10.1 Å². The van der Waals surface area contributed by atoms with Crippen molar-refractivity contribution in [1.29, 1.82) is 0 Å². The van der Waals surface area contributed by atoms with Gasteiger partial charge in [0.2, 0.25) is 5.91 Å². The van der Waals surface area contributed by atoms with Gasteiger partial charge < -0.3 is 10.6 Å². The molecule has 4 nitrogen and oxygen atoms in total. The monoisotopic (exact) mass is 362 g/mol. The molecule has 0 aliphatic rings. The molecule has 0 aliphatic heterocycles. The van der Waals surface area contributed by atoms with E-state index in [1.807, 2.05) is 13.0 Å². The van der Waals surface area contributed by atoms with Gasteiger partial charge in [-0.25, -0.2) is 4.39 Å². The third-order valence-electron chi connectivity index (χ3n) is 3.70. The first kappa shape index (κ1) is 18.9. The number of rotatable bonds is 5. The Hall–Kier alpha value is -2.40. The molecular formula is C19H20ClFN2O2. The van der Waals surface area contributed by atoms with Crippen molar-refractivity contribution >= 4 is 29.1 Å². The van der Waals surface area contributed by atoms with Crippen LogP contribution in [0.1, 0.15) is 29.8 Å². The third kappa shape index (κ3) is 5.03. The molecule has 0 spiro atoms. The summed E-state index contributed by atoms with van der Waals surface area (Å²) in [6, 6.07) is 10.3. The average Bonchev–Trinajstić information content (AvgIpc) is 2.54. The van der Waals surface area contributed by atoms with Crippen LogP contribution in [-0.4, -0.2) is 17.9 Å². The minimum Gasteiger partial charge on any atom is -0.340 e. The molecule has 0 heterocycles. The number of hydrogen-bond acceptors (Lipinski definition) is 2. The van der Waals surface area contributed by atoms with Gasteiger partial charge in [-0.15, -0.1) is 0 Å². The first-order valence-corrected chi connectivity index (χ1v) is 8.29. The maximum absolute atomic E-state index is 13.9. The topological polar surface area (TPSA) is 58.2 Å². The van der Waals surface area contributed by atoms with E-state index in [2.05, 4.69) is 10.6 Å². The SMILES string of the molecule is Cc1cccc(C(=O)NC(C(=O)Nc2ccc(Cl)cc2F)C(C)C)c1. The van der Waals surface area contributed by atoms with E-state index >= 15 is 0 Å². The lowest BCUT2D eigenvalue weighted by Gasteiger charge is -2.22. The standard InChI is InChI=1S/C19H20ClFN2O2/c1-11(2)17(23-18(24)13-6-4-5-12(3)9-13)19(25)22-16-8-7-14(20)10-15(16)21/h4-11,17H,1-3H3,(H,22,25)(H,23,24). The Bertz CT molecular complexity index is 793. The van der Waals surface area contributed by atoms with Crippen molar-refractivity contribution in [3.8, 4) is 0 Å². The highest BCUT2D eigenvalue weighted by molar-refractivity contribution is 6.30. The zero-order chi connectivity index (χ0) is 18.6. The Morgan fingerprint density at radius 3 is 2.44 bits per heavy atom. The highest BCUT2D eigenvalue weighted by Crippen LogP contribution is 2.19. The summed E-state index contributed by atoms with van der Waals surface area (Å²) in [5.41, 5.74) is 1.43. The van der Waals surface area contributed by atoms with Crippen LogP contribution in [0.2, 0.25) is 5.02 Å². The van der Waals surface area contributed by atoms with Crippen LogP contribution in [0.5, 0.6) is 0 Å². The minimum absolute atomic E-state index is 0.0184. The van der Waals surface area contributed by atoms with Gasteiger partial charge in [0, 0.05) is 10.6 Å². The van der Waals surface area contributed by atoms with E-state index in [-0.39, 0.29) is 22.5 Å². The molecule has 2 rings (SSSR count). The molecule has 0 aliphatic carbocycles. The summed E-state index contributed by atoms with van der Waals surface area (Å²) in [6.45, 7) is 5.49. The number of benzene rings is 2. The molecule has 0 saturated heterocycles. The van der Waals surface area contributed by atoms with E-state index in [0.717, 1.165) is 11.6 Å². The Kier molecular flexibility index (Phi) is 6.15. The highest BCUT2D eigenvalue weighted by Gasteiger charge is 2.25. The van der Waals surface area contributed by atoms with Gasteiger partial charge in [0.05, 0.1) is 5.69 Å². The van der Waals surface area contributed by atoms with E-state index in [1.54, 1.807) is 32.0 Å². The van der Waals surface area contributed by atoms with Crippen molar-refractivity contribution in [3.05, 3.63) is 64.4 Å². The molecule has 0 radical (unpaired) electrons. The number of carbonyl (C=O) groups is 2. The van der Waals surface area contributed by atoms with E-state index in [9.17, 15) is 14.0 Å². The van der Waals surface area contributed by atoms with E-state index in [0.29, 0.717) is 5.56 Å². The maximum atomic E-state index is 13.9. The van der Waals surface area contributed by atoms with Crippen molar-refractivity contribution < 1.29 is 14.0 Å². The second-order valence-electron chi connectivity index (χ2n) is 6.18. The number of hydrogen-bond donors (Lipinski definition) is 2. The molecule has 1 unspecified atom stereocenters. The fraction of sp³-hybridized carbons (Fsp3) is 0.263. The number of carbonyl (C=O) groups excluding carboxylic acids is 2. The molecule has 2 amide bonds. The largest absolute Gasteiger partial charge is 0.340 e. The van der Waals surface area contributed by atoms with E-state index in [4.69, 9.17) is 11.6 Å². The smallest absolute Gasteiger partial charge is 0.251 e. The van der Waals surface area contributed by atoms with Crippen LogP contribution in [-0.2, 0) is 4.79 Å². The number of aryl methyl sites for hydroxylation is 1. The predicted octanol–water partition coefficient (Wildman–Crippen LogP) is 4.18. The number of anilines is 1. The quantitative estimate of drug-likeness (QED) is 0.838. The van der Waals surface area contributed by atoms with Crippen LogP contribution >= 0.6 is 11.6 Å². The van der Waals surface area contributed by atoms with Gasteiger partial charge in [-0.1, -0.05) is 43.1 Å². The van der Waals surface area contributed by atoms with Crippen molar-refractivity contribution in [1.82, 2.24) is 5.32 Å². The van der Waals surface area contributed by atoms with Crippen molar-refractivity contribution in [2.45, 2.75) is 26.8 Å². The summed E-state index contributed by atoms with van der Waals surface area (Å²) in [4.78, 5) is 24.9. The zero-order valence-electron chi connectivity index (χ0n) is 14.3. The normalized spacial score (nSPS) is 11.9. The summed E-state index contributed by atoms with van der Waals surface area (Å²) in [6.07, 6.45) is 0. The van der Waals surface area contributed by atoms with Gasteiger partial charge in [0.25, 0.3) is 5.91 Å². The maximum Gasteiger partial charge on any atom is 0.251 e.